The molecule has 1 heterocycles. The Morgan fingerprint density at radius 1 is 1.30 bits per heavy atom. The van der Waals surface area contributed by atoms with Crippen molar-refractivity contribution >= 4 is 27.7 Å². The first-order valence-electron chi connectivity index (χ1n) is 6.86. The largest absolute Gasteiger partial charge is 0.339 e. The van der Waals surface area contributed by atoms with Crippen molar-refractivity contribution in [1.82, 2.24) is 14.5 Å². The van der Waals surface area contributed by atoms with Gasteiger partial charge in [-0.25, -0.2) is 13.1 Å². The summed E-state index contributed by atoms with van der Waals surface area (Å²) in [6.07, 6.45) is 2.48. The topological polar surface area (TPSA) is 69.7 Å². The maximum atomic E-state index is 12.5. The number of carbonyl (C=O) groups is 1. The number of amides is 1. The second kappa shape index (κ2) is 8.21. The molecule has 1 amide bonds. The first-order chi connectivity index (χ1) is 9.39. The standard InChI is InChI=1S/C12H25N3O3S2/c1-4-20(17,18)13-11(5-10-19-3)12(16)15-8-6-14(2)7-9-15/h11,13H,4-10H2,1-3H3. The van der Waals surface area contributed by atoms with Crippen LogP contribution in [0.4, 0.5) is 0 Å². The zero-order valence-electron chi connectivity index (χ0n) is 12.5. The minimum Gasteiger partial charge on any atom is -0.339 e. The zero-order valence-corrected chi connectivity index (χ0v) is 14.1. The van der Waals surface area contributed by atoms with Crippen LogP contribution in [0, 0.1) is 0 Å². The lowest BCUT2D eigenvalue weighted by molar-refractivity contribution is -0.134. The van der Waals surface area contributed by atoms with Crippen molar-refractivity contribution < 1.29 is 13.2 Å². The highest BCUT2D eigenvalue weighted by atomic mass is 32.2. The molecule has 0 radical (unpaired) electrons. The van der Waals surface area contributed by atoms with Crippen molar-refractivity contribution in [3.8, 4) is 0 Å². The highest BCUT2D eigenvalue weighted by molar-refractivity contribution is 7.98. The number of piperazine rings is 1. The molecule has 8 heteroatoms. The molecule has 1 N–H and O–H groups in total. The fraction of sp³-hybridized carbons (Fsp3) is 0.917. The number of sulfonamides is 1. The molecule has 1 unspecified atom stereocenters. The van der Waals surface area contributed by atoms with E-state index in [-0.39, 0.29) is 11.7 Å². The lowest BCUT2D eigenvalue weighted by Gasteiger charge is -2.34. The average Bonchev–Trinajstić information content (AvgIpc) is 2.43. The molecule has 0 aliphatic carbocycles. The Labute approximate surface area is 126 Å². The van der Waals surface area contributed by atoms with Crippen molar-refractivity contribution in [3.05, 3.63) is 0 Å². The van der Waals surface area contributed by atoms with Crippen LogP contribution < -0.4 is 4.72 Å². The van der Waals surface area contributed by atoms with Crippen molar-refractivity contribution in [3.63, 3.8) is 0 Å². The summed E-state index contributed by atoms with van der Waals surface area (Å²) in [7, 11) is -1.34. The first-order valence-corrected chi connectivity index (χ1v) is 9.90. The summed E-state index contributed by atoms with van der Waals surface area (Å²) in [6.45, 7) is 4.58. The van der Waals surface area contributed by atoms with Gasteiger partial charge in [-0.1, -0.05) is 0 Å². The molecule has 6 nitrogen and oxygen atoms in total. The Morgan fingerprint density at radius 2 is 1.90 bits per heavy atom. The smallest absolute Gasteiger partial charge is 0.240 e. The zero-order chi connectivity index (χ0) is 15.2. The quantitative estimate of drug-likeness (QED) is 0.704. The Kier molecular flexibility index (Phi) is 7.28. The van der Waals surface area contributed by atoms with Crippen molar-refractivity contribution in [2.45, 2.75) is 19.4 Å². The summed E-state index contributed by atoms with van der Waals surface area (Å²) in [4.78, 5) is 16.4. The molecule has 1 aliphatic heterocycles. The first kappa shape index (κ1) is 17.7. The van der Waals surface area contributed by atoms with E-state index in [1.807, 2.05) is 13.3 Å². The maximum absolute atomic E-state index is 12.5. The molecule has 0 bridgehead atoms. The van der Waals surface area contributed by atoms with Gasteiger partial charge in [-0.3, -0.25) is 4.79 Å². The van der Waals surface area contributed by atoms with Gasteiger partial charge in [0.25, 0.3) is 0 Å². The van der Waals surface area contributed by atoms with E-state index in [0.29, 0.717) is 19.5 Å². The van der Waals surface area contributed by atoms with Crippen LogP contribution in [0.3, 0.4) is 0 Å². The minimum atomic E-state index is -3.36. The molecule has 1 aliphatic rings. The fourth-order valence-corrected chi connectivity index (χ4v) is 3.31. The van der Waals surface area contributed by atoms with E-state index in [4.69, 9.17) is 0 Å². The predicted octanol–water partition coefficient (Wildman–Crippen LogP) is -0.179. The van der Waals surface area contributed by atoms with Crippen LogP contribution in [-0.2, 0) is 14.8 Å². The van der Waals surface area contributed by atoms with Crippen LogP contribution in [0.25, 0.3) is 0 Å². The van der Waals surface area contributed by atoms with Gasteiger partial charge in [-0.15, -0.1) is 0 Å². The molecule has 1 saturated heterocycles. The molecule has 118 valence electrons. The molecule has 0 saturated carbocycles. The number of carbonyl (C=O) groups excluding carboxylic acids is 1. The normalized spacial score (nSPS) is 19.1. The molecule has 0 aromatic rings. The third-order valence-electron chi connectivity index (χ3n) is 3.43. The van der Waals surface area contributed by atoms with Crippen molar-refractivity contribution in [2.75, 3.05) is 51.0 Å². The Balaban J connectivity index is 2.68. The molecule has 1 fully saturated rings. The molecule has 0 aromatic carbocycles. The van der Waals surface area contributed by atoms with Crippen molar-refractivity contribution in [1.29, 1.82) is 0 Å². The monoisotopic (exact) mass is 323 g/mol. The number of hydrogen-bond donors (Lipinski definition) is 1. The summed E-state index contributed by atoms with van der Waals surface area (Å²) in [5.74, 6) is 0.666. The van der Waals surface area contributed by atoms with E-state index in [0.717, 1.165) is 18.8 Å². The van der Waals surface area contributed by atoms with E-state index in [1.165, 1.54) is 0 Å². The summed E-state index contributed by atoms with van der Waals surface area (Å²) in [5, 5.41) is 0. The van der Waals surface area contributed by atoms with Crippen LogP contribution in [0.1, 0.15) is 13.3 Å². The lowest BCUT2D eigenvalue weighted by atomic mass is 10.2. The number of thioether (sulfide) groups is 1. The number of hydrogen-bond acceptors (Lipinski definition) is 5. The van der Waals surface area contributed by atoms with Crippen LogP contribution in [0.2, 0.25) is 0 Å². The van der Waals surface area contributed by atoms with E-state index in [2.05, 4.69) is 9.62 Å². The van der Waals surface area contributed by atoms with Gasteiger partial charge in [-0.2, -0.15) is 11.8 Å². The maximum Gasteiger partial charge on any atom is 0.240 e. The molecule has 0 aromatic heterocycles. The number of likely N-dealkylation sites (N-methyl/N-ethyl adjacent to an activating group) is 1. The van der Waals surface area contributed by atoms with Gasteiger partial charge in [0.15, 0.2) is 0 Å². The molecular weight excluding hydrogens is 298 g/mol. The minimum absolute atomic E-state index is 0.00120. The molecule has 20 heavy (non-hydrogen) atoms. The third kappa shape index (κ3) is 5.59. The Morgan fingerprint density at radius 3 is 2.40 bits per heavy atom. The summed E-state index contributed by atoms with van der Waals surface area (Å²) < 4.78 is 26.0. The second-order valence-electron chi connectivity index (χ2n) is 4.98. The van der Waals surface area contributed by atoms with E-state index in [1.54, 1.807) is 23.6 Å². The van der Waals surface area contributed by atoms with E-state index >= 15 is 0 Å². The van der Waals surface area contributed by atoms with Crippen LogP contribution >= 0.6 is 11.8 Å². The predicted molar refractivity (Wildman–Crippen MR) is 83.5 cm³/mol. The second-order valence-corrected chi connectivity index (χ2v) is 8.01. The van der Waals surface area contributed by atoms with E-state index in [9.17, 15) is 13.2 Å². The molecule has 1 rings (SSSR count). The van der Waals surface area contributed by atoms with Gasteiger partial charge in [0.2, 0.25) is 15.9 Å². The Hall–Kier alpha value is -0.310. The van der Waals surface area contributed by atoms with Gasteiger partial charge in [0.1, 0.15) is 6.04 Å². The van der Waals surface area contributed by atoms with Crippen LogP contribution in [0.5, 0.6) is 0 Å². The third-order valence-corrected chi connectivity index (χ3v) is 5.47. The van der Waals surface area contributed by atoms with Gasteiger partial charge in [-0.05, 0) is 32.4 Å². The van der Waals surface area contributed by atoms with E-state index < -0.39 is 16.1 Å². The number of nitrogens with zero attached hydrogens (tertiary/aromatic N) is 2. The summed E-state index contributed by atoms with van der Waals surface area (Å²) in [5.41, 5.74) is 0. The average molecular weight is 323 g/mol. The van der Waals surface area contributed by atoms with Gasteiger partial charge in [0.05, 0.1) is 5.75 Å². The molecule has 0 spiro atoms. The highest BCUT2D eigenvalue weighted by Crippen LogP contribution is 2.09. The Bertz CT molecular complexity index is 406. The van der Waals surface area contributed by atoms with Gasteiger partial charge >= 0.3 is 0 Å². The van der Waals surface area contributed by atoms with Crippen LogP contribution in [0.15, 0.2) is 0 Å². The van der Waals surface area contributed by atoms with Crippen molar-refractivity contribution in [2.24, 2.45) is 0 Å². The SMILES string of the molecule is CCS(=O)(=O)NC(CCSC)C(=O)N1CCN(C)CC1. The summed E-state index contributed by atoms with van der Waals surface area (Å²) in [6, 6.07) is -0.629. The van der Waals surface area contributed by atoms with Crippen LogP contribution in [-0.4, -0.2) is 81.2 Å². The number of rotatable bonds is 7. The fourth-order valence-electron chi connectivity index (χ4n) is 2.02. The molecule has 1 atom stereocenters. The van der Waals surface area contributed by atoms with Gasteiger partial charge in [0, 0.05) is 26.2 Å². The summed E-state index contributed by atoms with van der Waals surface area (Å²) >= 11 is 1.61. The highest BCUT2D eigenvalue weighted by Gasteiger charge is 2.28. The molecular formula is C12H25N3O3S2. The lowest BCUT2D eigenvalue weighted by Crippen LogP contribution is -2.54. The number of nitrogens with one attached hydrogen (secondary N) is 1. The van der Waals surface area contributed by atoms with Gasteiger partial charge < -0.3 is 9.80 Å².